The summed E-state index contributed by atoms with van der Waals surface area (Å²) in [7, 11) is 0. The first-order valence-corrected chi connectivity index (χ1v) is 8.83. The molecule has 0 saturated carbocycles. The lowest BCUT2D eigenvalue weighted by Crippen LogP contribution is -2.37. The van der Waals surface area contributed by atoms with Crippen molar-refractivity contribution in [2.24, 2.45) is 5.92 Å². The number of hydrogen-bond donors (Lipinski definition) is 1. The highest BCUT2D eigenvalue weighted by Crippen LogP contribution is 2.28. The fraction of sp³-hybridized carbons (Fsp3) is 0.300. The number of carbonyl (C=O) groups excluding carboxylic acids is 2. The molecule has 1 saturated heterocycles. The Morgan fingerprint density at radius 3 is 2.72 bits per heavy atom. The zero-order valence-electron chi connectivity index (χ0n) is 14.2. The van der Waals surface area contributed by atoms with Crippen LogP contribution in [0.2, 0.25) is 5.02 Å². The molecule has 5 heteroatoms. The molecule has 0 aliphatic carbocycles. The summed E-state index contributed by atoms with van der Waals surface area (Å²) in [6.07, 6.45) is 1.28. The van der Waals surface area contributed by atoms with Gasteiger partial charge in [0.15, 0.2) is 0 Å². The average Bonchev–Trinajstić information content (AvgIpc) is 3.00. The third kappa shape index (κ3) is 4.02. The van der Waals surface area contributed by atoms with Crippen LogP contribution < -0.4 is 10.2 Å². The summed E-state index contributed by atoms with van der Waals surface area (Å²) in [4.78, 5) is 26.6. The Morgan fingerprint density at radius 1 is 1.24 bits per heavy atom. The number of hydrogen-bond acceptors (Lipinski definition) is 2. The van der Waals surface area contributed by atoms with Gasteiger partial charge in [-0.1, -0.05) is 48.0 Å². The van der Waals surface area contributed by atoms with E-state index < -0.39 is 5.92 Å². The van der Waals surface area contributed by atoms with Gasteiger partial charge in [0.05, 0.1) is 0 Å². The quantitative estimate of drug-likeness (QED) is 0.835. The van der Waals surface area contributed by atoms with Gasteiger partial charge in [-0.05, 0) is 43.0 Å². The number of benzene rings is 2. The van der Waals surface area contributed by atoms with E-state index in [-0.39, 0.29) is 11.8 Å². The second-order valence-electron chi connectivity index (χ2n) is 6.29. The Hall–Kier alpha value is -2.33. The summed E-state index contributed by atoms with van der Waals surface area (Å²) < 4.78 is 0. The highest BCUT2D eigenvalue weighted by atomic mass is 35.5. The first kappa shape index (κ1) is 17.5. The van der Waals surface area contributed by atoms with E-state index >= 15 is 0 Å². The van der Waals surface area contributed by atoms with Crippen LogP contribution in [-0.2, 0) is 16.0 Å². The molecule has 0 bridgehead atoms. The fourth-order valence-electron chi connectivity index (χ4n) is 3.03. The van der Waals surface area contributed by atoms with Crippen molar-refractivity contribution in [1.29, 1.82) is 0 Å². The highest BCUT2D eigenvalue weighted by molar-refractivity contribution is 6.31. The van der Waals surface area contributed by atoms with Crippen LogP contribution in [0.25, 0.3) is 0 Å². The van der Waals surface area contributed by atoms with E-state index in [9.17, 15) is 9.59 Å². The van der Waals surface area contributed by atoms with Crippen LogP contribution >= 0.6 is 11.6 Å². The van der Waals surface area contributed by atoms with E-state index in [1.165, 1.54) is 0 Å². The maximum atomic E-state index is 12.6. The molecule has 2 aromatic carbocycles. The molecule has 0 spiro atoms. The molecule has 4 nitrogen and oxygen atoms in total. The number of aryl methyl sites for hydroxylation is 1. The third-order valence-electron chi connectivity index (χ3n) is 4.54. The maximum Gasteiger partial charge on any atom is 0.239 e. The van der Waals surface area contributed by atoms with Gasteiger partial charge in [-0.2, -0.15) is 0 Å². The molecule has 1 N–H and O–H groups in total. The number of rotatable bonds is 5. The Bertz CT molecular complexity index is 777. The first-order chi connectivity index (χ1) is 12.1. The van der Waals surface area contributed by atoms with Crippen LogP contribution in [0.4, 0.5) is 5.69 Å². The van der Waals surface area contributed by atoms with Crippen LogP contribution in [0.5, 0.6) is 0 Å². The molecule has 1 fully saturated rings. The van der Waals surface area contributed by atoms with Crippen molar-refractivity contribution in [2.45, 2.75) is 19.8 Å². The summed E-state index contributed by atoms with van der Waals surface area (Å²) >= 11 is 6.15. The van der Waals surface area contributed by atoms with Crippen LogP contribution in [0.15, 0.2) is 48.5 Å². The Kier molecular flexibility index (Phi) is 5.39. The van der Waals surface area contributed by atoms with Crippen molar-refractivity contribution < 1.29 is 9.59 Å². The standard InChI is InChI=1S/C20H21ClN2O2/c1-14-7-8-16(13-18(14)21)23-12-10-17(20(23)25)19(24)22-11-9-15-5-3-2-4-6-15/h2-8,13,17H,9-12H2,1H3,(H,22,24)/t17-/m1/s1. The molecule has 0 unspecified atom stereocenters. The van der Waals surface area contributed by atoms with Gasteiger partial charge in [-0.25, -0.2) is 0 Å². The van der Waals surface area contributed by atoms with Gasteiger partial charge in [-0.3, -0.25) is 9.59 Å². The number of carbonyl (C=O) groups is 2. The SMILES string of the molecule is Cc1ccc(N2CC[C@H](C(=O)NCCc3ccccc3)C2=O)cc1Cl. The van der Waals surface area contributed by atoms with Crippen molar-refractivity contribution >= 4 is 29.1 Å². The van der Waals surface area contributed by atoms with Crippen molar-refractivity contribution in [3.63, 3.8) is 0 Å². The molecule has 2 amide bonds. The highest BCUT2D eigenvalue weighted by Gasteiger charge is 2.37. The molecule has 1 aliphatic heterocycles. The van der Waals surface area contributed by atoms with E-state index in [1.807, 2.05) is 49.4 Å². The minimum absolute atomic E-state index is 0.155. The van der Waals surface area contributed by atoms with Gasteiger partial charge in [0, 0.05) is 23.8 Å². The van der Waals surface area contributed by atoms with E-state index in [4.69, 9.17) is 11.6 Å². The summed E-state index contributed by atoms with van der Waals surface area (Å²) in [5, 5.41) is 3.51. The zero-order valence-corrected chi connectivity index (χ0v) is 14.9. The summed E-state index contributed by atoms with van der Waals surface area (Å²) in [6, 6.07) is 15.5. The number of anilines is 1. The average molecular weight is 357 g/mol. The third-order valence-corrected chi connectivity index (χ3v) is 4.95. The monoisotopic (exact) mass is 356 g/mol. The Balaban J connectivity index is 1.57. The molecule has 0 aromatic heterocycles. The second kappa shape index (κ2) is 7.70. The molecular formula is C20H21ClN2O2. The number of halogens is 1. The second-order valence-corrected chi connectivity index (χ2v) is 6.70. The topological polar surface area (TPSA) is 49.4 Å². The maximum absolute atomic E-state index is 12.6. The molecule has 2 aromatic rings. The number of nitrogens with zero attached hydrogens (tertiary/aromatic N) is 1. The first-order valence-electron chi connectivity index (χ1n) is 8.45. The minimum Gasteiger partial charge on any atom is -0.355 e. The number of nitrogens with one attached hydrogen (secondary N) is 1. The lowest BCUT2D eigenvalue weighted by Gasteiger charge is -2.17. The Labute approximate surface area is 152 Å². The van der Waals surface area contributed by atoms with Crippen LogP contribution in [0, 0.1) is 12.8 Å². The smallest absolute Gasteiger partial charge is 0.239 e. The van der Waals surface area contributed by atoms with E-state index in [0.29, 0.717) is 24.5 Å². The summed E-state index contributed by atoms with van der Waals surface area (Å²) in [6.45, 7) is 2.99. The van der Waals surface area contributed by atoms with Crippen LogP contribution in [-0.4, -0.2) is 24.9 Å². The van der Waals surface area contributed by atoms with Crippen molar-refractivity contribution in [3.05, 3.63) is 64.7 Å². The minimum atomic E-state index is -0.615. The van der Waals surface area contributed by atoms with E-state index in [0.717, 1.165) is 23.2 Å². The summed E-state index contributed by atoms with van der Waals surface area (Å²) in [5.74, 6) is -0.963. The Morgan fingerprint density at radius 2 is 2.00 bits per heavy atom. The molecule has 130 valence electrons. The van der Waals surface area contributed by atoms with Crippen LogP contribution in [0.3, 0.4) is 0 Å². The van der Waals surface area contributed by atoms with Gasteiger partial charge in [0.25, 0.3) is 0 Å². The lowest BCUT2D eigenvalue weighted by atomic mass is 10.1. The molecular weight excluding hydrogens is 336 g/mol. The zero-order chi connectivity index (χ0) is 17.8. The largest absolute Gasteiger partial charge is 0.355 e. The molecule has 25 heavy (non-hydrogen) atoms. The van der Waals surface area contributed by atoms with Gasteiger partial charge in [0.2, 0.25) is 11.8 Å². The van der Waals surface area contributed by atoms with Gasteiger partial charge < -0.3 is 10.2 Å². The molecule has 1 aliphatic rings. The molecule has 1 atom stereocenters. The van der Waals surface area contributed by atoms with E-state index in [2.05, 4.69) is 5.32 Å². The number of amides is 2. The van der Waals surface area contributed by atoms with Gasteiger partial charge >= 0.3 is 0 Å². The van der Waals surface area contributed by atoms with E-state index in [1.54, 1.807) is 11.0 Å². The molecule has 0 radical (unpaired) electrons. The van der Waals surface area contributed by atoms with Gasteiger partial charge in [-0.15, -0.1) is 0 Å². The van der Waals surface area contributed by atoms with Crippen LogP contribution in [0.1, 0.15) is 17.5 Å². The predicted molar refractivity (Wildman–Crippen MR) is 99.8 cm³/mol. The van der Waals surface area contributed by atoms with Gasteiger partial charge in [0.1, 0.15) is 5.92 Å². The fourth-order valence-corrected chi connectivity index (χ4v) is 3.20. The summed E-state index contributed by atoms with van der Waals surface area (Å²) in [5.41, 5.74) is 2.88. The molecule has 1 heterocycles. The van der Waals surface area contributed by atoms with Crippen molar-refractivity contribution in [3.8, 4) is 0 Å². The van der Waals surface area contributed by atoms with Crippen molar-refractivity contribution in [1.82, 2.24) is 5.32 Å². The predicted octanol–water partition coefficient (Wildman–Crippen LogP) is 3.36. The molecule has 3 rings (SSSR count). The normalized spacial score (nSPS) is 17.0. The van der Waals surface area contributed by atoms with Crippen molar-refractivity contribution in [2.75, 3.05) is 18.0 Å². The lowest BCUT2D eigenvalue weighted by molar-refractivity contribution is -0.132.